The van der Waals surface area contributed by atoms with Gasteiger partial charge in [-0.1, -0.05) is 6.07 Å². The first-order chi connectivity index (χ1) is 10.2. The number of rotatable bonds is 6. The van der Waals surface area contributed by atoms with Gasteiger partial charge < -0.3 is 27.6 Å². The van der Waals surface area contributed by atoms with Gasteiger partial charge in [0.2, 0.25) is 11.8 Å². The monoisotopic (exact) mass is 369 g/mol. The van der Waals surface area contributed by atoms with Crippen molar-refractivity contribution in [1.29, 1.82) is 0 Å². The number of carbonyl (C=O) groups is 2. The van der Waals surface area contributed by atoms with Crippen molar-refractivity contribution in [2.24, 2.45) is 11.7 Å². The Kier molecular flexibility index (Phi) is 8.09. The fourth-order valence-electron chi connectivity index (χ4n) is 2.73. The Morgan fingerprint density at radius 2 is 1.73 bits per heavy atom. The number of carbonyl (C=O) groups excluding carboxylic acids is 2. The lowest BCUT2D eigenvalue weighted by Gasteiger charge is -2.30. The lowest BCUT2D eigenvalue weighted by molar-refractivity contribution is -0.697. The van der Waals surface area contributed by atoms with Crippen molar-refractivity contribution in [1.82, 2.24) is 4.90 Å². The van der Waals surface area contributed by atoms with E-state index in [-0.39, 0.29) is 34.7 Å². The van der Waals surface area contributed by atoms with E-state index in [9.17, 15) is 9.59 Å². The molecule has 2 amide bonds. The molecular weight excluding hydrogens is 346 g/mol. The summed E-state index contributed by atoms with van der Waals surface area (Å²) in [5.74, 6) is -0.0819. The number of likely N-dealkylation sites (tertiary alicyclic amines) is 1. The maximum absolute atomic E-state index is 12.1. The number of amides is 2. The van der Waals surface area contributed by atoms with Gasteiger partial charge in [0.1, 0.15) is 6.54 Å². The van der Waals surface area contributed by atoms with E-state index in [0.717, 1.165) is 19.4 Å². The molecule has 1 aromatic heterocycles. The van der Waals surface area contributed by atoms with Gasteiger partial charge in [-0.05, 0) is 19.3 Å². The van der Waals surface area contributed by atoms with Crippen LogP contribution in [0.2, 0.25) is 0 Å². The van der Waals surface area contributed by atoms with Crippen LogP contribution in [0.3, 0.4) is 0 Å². The molecule has 0 aliphatic carbocycles. The van der Waals surface area contributed by atoms with E-state index in [1.54, 1.807) is 0 Å². The number of pyridine rings is 1. The zero-order chi connectivity index (χ0) is 15.1. The minimum Gasteiger partial charge on any atom is -1.00 e. The summed E-state index contributed by atoms with van der Waals surface area (Å²) in [5, 5.41) is 0. The van der Waals surface area contributed by atoms with Crippen molar-refractivity contribution in [3.63, 3.8) is 0 Å². The Hall–Kier alpha value is -1.43. The molecule has 2 N–H and O–H groups in total. The van der Waals surface area contributed by atoms with Crippen molar-refractivity contribution in [2.45, 2.75) is 38.6 Å². The molecule has 1 fully saturated rings. The van der Waals surface area contributed by atoms with Gasteiger partial charge in [0.05, 0.1) is 0 Å². The van der Waals surface area contributed by atoms with Crippen molar-refractivity contribution >= 4 is 11.8 Å². The zero-order valence-electron chi connectivity index (χ0n) is 12.8. The highest BCUT2D eigenvalue weighted by atomic mass is 79.9. The summed E-state index contributed by atoms with van der Waals surface area (Å²) in [7, 11) is 0. The molecule has 0 unspecified atom stereocenters. The average molecular weight is 370 g/mol. The zero-order valence-corrected chi connectivity index (χ0v) is 14.4. The van der Waals surface area contributed by atoms with Gasteiger partial charge in [0.25, 0.3) is 0 Å². The molecule has 1 aliphatic heterocycles. The molecule has 122 valence electrons. The number of hydrogen-bond donors (Lipinski definition) is 1. The number of halogens is 1. The highest BCUT2D eigenvalue weighted by Gasteiger charge is 2.25. The number of primary amides is 1. The van der Waals surface area contributed by atoms with Gasteiger partial charge in [-0.3, -0.25) is 9.59 Å². The molecule has 0 spiro atoms. The second-order valence-electron chi connectivity index (χ2n) is 5.63. The summed E-state index contributed by atoms with van der Waals surface area (Å²) in [4.78, 5) is 25.1. The molecular formula is C16H24BrN3O2. The first-order valence-corrected chi connectivity index (χ1v) is 7.68. The van der Waals surface area contributed by atoms with Crippen LogP contribution in [-0.4, -0.2) is 29.8 Å². The molecule has 1 aromatic rings. The Labute approximate surface area is 142 Å². The van der Waals surface area contributed by atoms with Gasteiger partial charge in [-0.25, -0.2) is 4.57 Å². The van der Waals surface area contributed by atoms with Crippen molar-refractivity contribution in [2.75, 3.05) is 13.1 Å². The highest BCUT2D eigenvalue weighted by molar-refractivity contribution is 5.78. The third-order valence-corrected chi connectivity index (χ3v) is 4.08. The second kappa shape index (κ2) is 9.56. The van der Waals surface area contributed by atoms with E-state index in [2.05, 4.69) is 4.57 Å². The van der Waals surface area contributed by atoms with E-state index in [0.29, 0.717) is 32.4 Å². The fourth-order valence-corrected chi connectivity index (χ4v) is 2.73. The molecule has 0 aromatic carbocycles. The normalized spacial score (nSPS) is 15.2. The topological polar surface area (TPSA) is 67.3 Å². The third-order valence-electron chi connectivity index (χ3n) is 4.08. The summed E-state index contributed by atoms with van der Waals surface area (Å²) in [6.07, 6.45) is 7.98. The summed E-state index contributed by atoms with van der Waals surface area (Å²) >= 11 is 0. The van der Waals surface area contributed by atoms with Gasteiger partial charge >= 0.3 is 0 Å². The fraction of sp³-hybridized carbons (Fsp3) is 0.562. The van der Waals surface area contributed by atoms with E-state index < -0.39 is 0 Å². The van der Waals surface area contributed by atoms with E-state index in [1.807, 2.05) is 35.5 Å². The van der Waals surface area contributed by atoms with E-state index in [1.165, 1.54) is 0 Å². The van der Waals surface area contributed by atoms with E-state index >= 15 is 0 Å². The molecule has 6 heteroatoms. The highest BCUT2D eigenvalue weighted by Crippen LogP contribution is 2.17. The standard InChI is InChI=1S/C16H23N3O2.BrH/c17-16(21)14-7-12-19(13-8-14)15(20)6-2-5-11-18-9-3-1-4-10-18;/h1,3-4,9-10,14H,2,5-8,11-13H2,(H-,17,21);1H. The summed E-state index contributed by atoms with van der Waals surface area (Å²) in [6, 6.07) is 6.01. The third kappa shape index (κ3) is 5.75. The number of piperidine rings is 1. The Bertz CT molecular complexity index is 474. The van der Waals surface area contributed by atoms with Crippen LogP contribution in [0.5, 0.6) is 0 Å². The second-order valence-corrected chi connectivity index (χ2v) is 5.63. The molecule has 2 heterocycles. The van der Waals surface area contributed by atoms with Crippen molar-refractivity contribution in [3.05, 3.63) is 30.6 Å². The molecule has 0 atom stereocenters. The van der Waals surface area contributed by atoms with Gasteiger partial charge in [-0.2, -0.15) is 0 Å². The van der Waals surface area contributed by atoms with Crippen LogP contribution in [0.1, 0.15) is 32.1 Å². The molecule has 0 bridgehead atoms. The Morgan fingerprint density at radius 3 is 2.32 bits per heavy atom. The van der Waals surface area contributed by atoms with Crippen LogP contribution < -0.4 is 27.3 Å². The quantitative estimate of drug-likeness (QED) is 0.459. The van der Waals surface area contributed by atoms with Crippen LogP contribution in [0, 0.1) is 5.92 Å². The SMILES string of the molecule is NC(=O)C1CCN(C(=O)CCCC[n+]2ccccc2)CC1.[Br-]. The molecule has 1 saturated heterocycles. The predicted molar refractivity (Wildman–Crippen MR) is 79.0 cm³/mol. The minimum atomic E-state index is -0.234. The average Bonchev–Trinajstić information content (AvgIpc) is 2.52. The van der Waals surface area contributed by atoms with Gasteiger partial charge in [-0.15, -0.1) is 0 Å². The van der Waals surface area contributed by atoms with E-state index in [4.69, 9.17) is 5.73 Å². The molecule has 5 nitrogen and oxygen atoms in total. The largest absolute Gasteiger partial charge is 1.00 e. The maximum atomic E-state index is 12.1. The van der Waals surface area contributed by atoms with Gasteiger partial charge in [0, 0.05) is 44.0 Å². The number of unbranched alkanes of at least 4 members (excludes halogenated alkanes) is 1. The van der Waals surface area contributed by atoms with Crippen molar-refractivity contribution < 1.29 is 31.1 Å². The Balaban J connectivity index is 0.00000242. The minimum absolute atomic E-state index is 0. The first kappa shape index (κ1) is 18.6. The van der Waals surface area contributed by atoms with Crippen LogP contribution in [0.25, 0.3) is 0 Å². The number of aromatic nitrogens is 1. The lowest BCUT2D eigenvalue weighted by Crippen LogP contribution is -3.00. The number of nitrogens with two attached hydrogens (primary N) is 1. The molecule has 1 aliphatic rings. The lowest BCUT2D eigenvalue weighted by atomic mass is 9.96. The van der Waals surface area contributed by atoms with Gasteiger partial charge in [0.15, 0.2) is 12.4 Å². The van der Waals surface area contributed by atoms with Crippen LogP contribution in [-0.2, 0) is 16.1 Å². The molecule has 0 saturated carbocycles. The molecule has 22 heavy (non-hydrogen) atoms. The maximum Gasteiger partial charge on any atom is 0.222 e. The predicted octanol–water partition coefficient (Wildman–Crippen LogP) is -2.13. The summed E-state index contributed by atoms with van der Waals surface area (Å²) in [5.41, 5.74) is 5.30. The molecule has 2 rings (SSSR count). The molecule has 0 radical (unpaired) electrons. The summed E-state index contributed by atoms with van der Waals surface area (Å²) < 4.78 is 2.13. The van der Waals surface area contributed by atoms with Crippen molar-refractivity contribution in [3.8, 4) is 0 Å². The number of nitrogens with zero attached hydrogens (tertiary/aromatic N) is 2. The van der Waals surface area contributed by atoms with Crippen LogP contribution in [0.4, 0.5) is 0 Å². The summed E-state index contributed by atoms with van der Waals surface area (Å²) in [6.45, 7) is 2.28. The Morgan fingerprint density at radius 1 is 1.09 bits per heavy atom. The first-order valence-electron chi connectivity index (χ1n) is 7.68. The van der Waals surface area contributed by atoms with Crippen LogP contribution in [0.15, 0.2) is 30.6 Å². The number of aryl methyl sites for hydroxylation is 1. The smallest absolute Gasteiger partial charge is 0.222 e. The van der Waals surface area contributed by atoms with Crippen LogP contribution >= 0.6 is 0 Å². The number of hydrogen-bond acceptors (Lipinski definition) is 2.